The van der Waals surface area contributed by atoms with Crippen molar-refractivity contribution in [2.24, 2.45) is 5.41 Å². The van der Waals surface area contributed by atoms with Crippen molar-refractivity contribution in [3.8, 4) is 5.75 Å². The van der Waals surface area contributed by atoms with Crippen molar-refractivity contribution in [2.45, 2.75) is 78.5 Å². The highest BCUT2D eigenvalue weighted by atomic mass is 19.4. The molecule has 3 rings (SSSR count). The van der Waals surface area contributed by atoms with Crippen LogP contribution >= 0.6 is 0 Å². The van der Waals surface area contributed by atoms with Gasteiger partial charge in [0.15, 0.2) is 0 Å². The number of allylic oxidation sites excluding steroid dienone is 4. The molecule has 0 fully saturated rings. The summed E-state index contributed by atoms with van der Waals surface area (Å²) in [5.74, 6) is -0.772. The van der Waals surface area contributed by atoms with E-state index in [4.69, 9.17) is 9.84 Å². The van der Waals surface area contributed by atoms with Crippen molar-refractivity contribution in [1.82, 2.24) is 5.32 Å². The van der Waals surface area contributed by atoms with Crippen molar-refractivity contribution >= 4 is 11.9 Å². The molecule has 0 bridgehead atoms. The lowest BCUT2D eigenvalue weighted by atomic mass is 9.78. The normalized spacial score (nSPS) is 16.3. The molecule has 0 aromatic heterocycles. The predicted octanol–water partition coefficient (Wildman–Crippen LogP) is 7.99. The van der Waals surface area contributed by atoms with Crippen LogP contribution in [0.4, 0.5) is 13.2 Å². The van der Waals surface area contributed by atoms with Crippen LogP contribution in [0.25, 0.3) is 0 Å². The number of hydrogen-bond acceptors (Lipinski definition) is 3. The van der Waals surface area contributed by atoms with E-state index in [9.17, 15) is 22.8 Å². The monoisotopic (exact) mass is 557 g/mol. The summed E-state index contributed by atoms with van der Waals surface area (Å²) < 4.78 is 45.6. The van der Waals surface area contributed by atoms with Gasteiger partial charge in [-0.2, -0.15) is 13.2 Å². The average molecular weight is 558 g/mol. The van der Waals surface area contributed by atoms with Crippen molar-refractivity contribution in [1.29, 1.82) is 0 Å². The number of aryl methyl sites for hydroxylation is 2. The molecule has 216 valence electrons. The number of rotatable bonds is 10. The SMILES string of the molecule is Cc1cc(OC(CCC(F)(F)F)c2ccc(C(=O)NCCC(=O)O)cc2)cc(C)c1C1C=CC(C(C)(C)C)=CC1. The summed E-state index contributed by atoms with van der Waals surface area (Å²) in [6, 6.07) is 9.92. The number of ether oxygens (including phenoxy) is 1. The van der Waals surface area contributed by atoms with Gasteiger partial charge in [0.2, 0.25) is 0 Å². The van der Waals surface area contributed by atoms with Gasteiger partial charge < -0.3 is 15.2 Å². The minimum atomic E-state index is -4.34. The summed E-state index contributed by atoms with van der Waals surface area (Å²) in [7, 11) is 0. The van der Waals surface area contributed by atoms with Gasteiger partial charge in [0, 0.05) is 24.4 Å². The molecule has 5 nitrogen and oxygen atoms in total. The summed E-state index contributed by atoms with van der Waals surface area (Å²) in [6.45, 7) is 10.5. The number of carboxylic acids is 1. The van der Waals surface area contributed by atoms with Gasteiger partial charge in [-0.3, -0.25) is 9.59 Å². The third kappa shape index (κ3) is 8.73. The quantitative estimate of drug-likeness (QED) is 0.311. The van der Waals surface area contributed by atoms with Crippen LogP contribution in [0.15, 0.2) is 60.2 Å². The van der Waals surface area contributed by atoms with E-state index in [1.165, 1.54) is 23.3 Å². The fourth-order valence-electron chi connectivity index (χ4n) is 4.97. The molecule has 1 aliphatic carbocycles. The topological polar surface area (TPSA) is 75.6 Å². The second kappa shape index (κ2) is 12.7. The zero-order valence-electron chi connectivity index (χ0n) is 23.7. The number of carboxylic acid groups (broad SMARTS) is 1. The maximum Gasteiger partial charge on any atom is 0.389 e. The summed E-state index contributed by atoms with van der Waals surface area (Å²) >= 11 is 0. The molecule has 2 unspecified atom stereocenters. The molecule has 2 N–H and O–H groups in total. The van der Waals surface area contributed by atoms with Gasteiger partial charge in [-0.05, 0) is 84.2 Å². The molecule has 2 atom stereocenters. The van der Waals surface area contributed by atoms with Crippen molar-refractivity contribution in [3.63, 3.8) is 0 Å². The van der Waals surface area contributed by atoms with E-state index in [1.807, 2.05) is 26.0 Å². The number of nitrogens with one attached hydrogen (secondary N) is 1. The molecule has 8 heteroatoms. The second-order valence-electron chi connectivity index (χ2n) is 11.4. The van der Waals surface area contributed by atoms with E-state index in [0.29, 0.717) is 11.3 Å². The standard InChI is InChI=1S/C32H38F3NO4/c1-20-18-26(19-21(2)29(20)23-10-12-25(13-11-23)31(3,4)5)40-27(14-16-32(33,34)35)22-6-8-24(9-7-22)30(39)36-17-15-28(37)38/h6-10,12-13,18-19,23,27H,11,14-17H2,1-5H3,(H,36,39)(H,37,38). The summed E-state index contributed by atoms with van der Waals surface area (Å²) in [5.41, 5.74) is 5.40. The Morgan fingerprint density at radius 3 is 2.20 bits per heavy atom. The van der Waals surface area contributed by atoms with Crippen LogP contribution in [0.5, 0.6) is 5.75 Å². The smallest absolute Gasteiger partial charge is 0.389 e. The Morgan fingerprint density at radius 2 is 1.70 bits per heavy atom. The molecular weight excluding hydrogens is 519 g/mol. The van der Waals surface area contributed by atoms with Crippen LogP contribution in [-0.2, 0) is 4.79 Å². The fourth-order valence-corrected chi connectivity index (χ4v) is 4.97. The van der Waals surface area contributed by atoms with Gasteiger partial charge in [-0.1, -0.05) is 51.1 Å². The van der Waals surface area contributed by atoms with Gasteiger partial charge in [0.25, 0.3) is 5.91 Å². The number of halogens is 3. The molecule has 0 heterocycles. The molecular formula is C32H38F3NO4. The first-order valence-corrected chi connectivity index (χ1v) is 13.5. The van der Waals surface area contributed by atoms with Crippen LogP contribution in [0, 0.1) is 19.3 Å². The third-order valence-electron chi connectivity index (χ3n) is 7.04. The van der Waals surface area contributed by atoms with E-state index in [1.54, 1.807) is 12.1 Å². The lowest BCUT2D eigenvalue weighted by Gasteiger charge is -2.27. The highest BCUT2D eigenvalue weighted by molar-refractivity contribution is 5.94. The van der Waals surface area contributed by atoms with E-state index in [2.05, 4.69) is 44.3 Å². The molecule has 0 spiro atoms. The summed E-state index contributed by atoms with van der Waals surface area (Å²) in [4.78, 5) is 22.9. The lowest BCUT2D eigenvalue weighted by Crippen LogP contribution is -2.26. The van der Waals surface area contributed by atoms with E-state index < -0.39 is 30.6 Å². The number of hydrogen-bond donors (Lipinski definition) is 2. The highest BCUT2D eigenvalue weighted by Gasteiger charge is 2.30. The van der Waals surface area contributed by atoms with Gasteiger partial charge in [-0.25, -0.2) is 0 Å². The zero-order valence-corrected chi connectivity index (χ0v) is 23.7. The van der Waals surface area contributed by atoms with Crippen LogP contribution in [0.3, 0.4) is 0 Å². The van der Waals surface area contributed by atoms with E-state index in [-0.39, 0.29) is 36.3 Å². The molecule has 2 aromatic rings. The summed E-state index contributed by atoms with van der Waals surface area (Å²) in [6.07, 6.45) is 0.853. The van der Waals surface area contributed by atoms with E-state index in [0.717, 1.165) is 17.5 Å². The first-order chi connectivity index (χ1) is 18.6. The number of amides is 1. The maximum atomic E-state index is 13.1. The molecule has 1 aliphatic rings. The first-order valence-electron chi connectivity index (χ1n) is 13.5. The first kappa shape index (κ1) is 31.0. The number of benzene rings is 2. The Hall–Kier alpha value is -3.55. The Kier molecular flexibility index (Phi) is 9.87. The Bertz CT molecular complexity index is 1250. The second-order valence-corrected chi connectivity index (χ2v) is 11.4. The number of carbonyl (C=O) groups excluding carboxylic acids is 1. The van der Waals surface area contributed by atoms with Gasteiger partial charge in [0.1, 0.15) is 11.9 Å². The predicted molar refractivity (Wildman–Crippen MR) is 150 cm³/mol. The number of alkyl halides is 3. The minimum Gasteiger partial charge on any atom is -0.486 e. The Labute approximate surface area is 234 Å². The van der Waals surface area contributed by atoms with Gasteiger partial charge in [0.05, 0.1) is 6.42 Å². The summed E-state index contributed by atoms with van der Waals surface area (Å²) in [5, 5.41) is 11.2. The Balaban J connectivity index is 1.79. The van der Waals surface area contributed by atoms with Crippen LogP contribution in [0.2, 0.25) is 0 Å². The van der Waals surface area contributed by atoms with Crippen LogP contribution in [0.1, 0.15) is 91.1 Å². The highest BCUT2D eigenvalue weighted by Crippen LogP contribution is 2.39. The fraction of sp³-hybridized carbons (Fsp3) is 0.438. The molecule has 0 aliphatic heterocycles. The molecule has 2 aromatic carbocycles. The maximum absolute atomic E-state index is 13.1. The van der Waals surface area contributed by atoms with Gasteiger partial charge in [-0.15, -0.1) is 0 Å². The minimum absolute atomic E-state index is 0.0212. The molecule has 0 radical (unpaired) electrons. The van der Waals surface area contributed by atoms with E-state index >= 15 is 0 Å². The van der Waals surface area contributed by atoms with Gasteiger partial charge >= 0.3 is 12.1 Å². The number of carbonyl (C=O) groups is 2. The van der Waals surface area contributed by atoms with Crippen LogP contribution in [-0.4, -0.2) is 29.7 Å². The van der Waals surface area contributed by atoms with Crippen molar-refractivity contribution < 1.29 is 32.6 Å². The number of aliphatic carboxylic acids is 1. The molecule has 1 amide bonds. The third-order valence-corrected chi connectivity index (χ3v) is 7.04. The molecule has 0 saturated carbocycles. The van der Waals surface area contributed by atoms with Crippen molar-refractivity contribution in [3.05, 3.63) is 88.0 Å². The van der Waals surface area contributed by atoms with Crippen molar-refractivity contribution in [2.75, 3.05) is 6.54 Å². The largest absolute Gasteiger partial charge is 0.486 e. The van der Waals surface area contributed by atoms with Crippen LogP contribution < -0.4 is 10.1 Å². The Morgan fingerprint density at radius 1 is 1.07 bits per heavy atom. The molecule has 0 saturated heterocycles. The average Bonchev–Trinajstić information content (AvgIpc) is 2.85. The lowest BCUT2D eigenvalue weighted by molar-refractivity contribution is -0.139. The molecule has 40 heavy (non-hydrogen) atoms. The zero-order chi connectivity index (χ0) is 29.7.